The smallest absolute Gasteiger partial charge is 0.266 e. The second-order valence-corrected chi connectivity index (χ2v) is 9.55. The van der Waals surface area contributed by atoms with Crippen LogP contribution in [0.1, 0.15) is 21.5 Å². The third kappa shape index (κ3) is 5.30. The third-order valence-electron chi connectivity index (χ3n) is 6.28. The fourth-order valence-corrected chi connectivity index (χ4v) is 5.19. The van der Waals surface area contributed by atoms with Crippen LogP contribution in [-0.2, 0) is 10.5 Å². The van der Waals surface area contributed by atoms with Gasteiger partial charge in [-0.25, -0.2) is 4.98 Å². The number of rotatable bonds is 7. The Morgan fingerprint density at radius 1 is 1.11 bits per heavy atom. The highest BCUT2D eigenvalue weighted by Crippen LogP contribution is 2.27. The summed E-state index contributed by atoms with van der Waals surface area (Å²) in [6.45, 7) is 5.95. The monoisotopic (exact) mass is 513 g/mol. The fraction of sp³-hybridized carbons (Fsp3) is 0.207. The van der Waals surface area contributed by atoms with Crippen LogP contribution in [0.25, 0.3) is 22.7 Å². The SMILES string of the molecule is C=Cc1ccc(CSc2nc3cc(C(=O)N4CCOCC4)ccc3c(=O)n2-c2cccc(OC)c2)cc1. The van der Waals surface area contributed by atoms with Gasteiger partial charge in [-0.05, 0) is 41.5 Å². The van der Waals surface area contributed by atoms with E-state index in [1.165, 1.54) is 11.8 Å². The minimum Gasteiger partial charge on any atom is -0.497 e. The zero-order valence-electron chi connectivity index (χ0n) is 20.6. The van der Waals surface area contributed by atoms with Crippen LogP contribution in [0.4, 0.5) is 0 Å². The molecule has 188 valence electrons. The zero-order chi connectivity index (χ0) is 25.8. The van der Waals surface area contributed by atoms with Crippen LogP contribution >= 0.6 is 11.8 Å². The van der Waals surface area contributed by atoms with E-state index >= 15 is 0 Å². The minimum atomic E-state index is -0.201. The Morgan fingerprint density at radius 3 is 2.62 bits per heavy atom. The van der Waals surface area contributed by atoms with Crippen molar-refractivity contribution in [1.29, 1.82) is 0 Å². The van der Waals surface area contributed by atoms with Gasteiger partial charge < -0.3 is 14.4 Å². The lowest BCUT2D eigenvalue weighted by atomic mass is 10.1. The number of benzene rings is 3. The molecule has 0 bridgehead atoms. The average Bonchev–Trinajstić information content (AvgIpc) is 2.96. The molecule has 1 amide bonds. The van der Waals surface area contributed by atoms with Gasteiger partial charge in [-0.3, -0.25) is 14.2 Å². The molecule has 7 nitrogen and oxygen atoms in total. The summed E-state index contributed by atoms with van der Waals surface area (Å²) < 4.78 is 12.4. The number of aromatic nitrogens is 2. The van der Waals surface area contributed by atoms with E-state index in [2.05, 4.69) is 6.58 Å². The molecule has 4 aromatic rings. The van der Waals surface area contributed by atoms with Gasteiger partial charge >= 0.3 is 0 Å². The molecule has 37 heavy (non-hydrogen) atoms. The maximum absolute atomic E-state index is 13.8. The van der Waals surface area contributed by atoms with Crippen LogP contribution in [0.15, 0.2) is 83.3 Å². The number of methoxy groups -OCH3 is 1. The number of ether oxygens (including phenoxy) is 2. The highest BCUT2D eigenvalue weighted by Gasteiger charge is 2.20. The zero-order valence-corrected chi connectivity index (χ0v) is 21.4. The minimum absolute atomic E-state index is 0.0829. The number of hydrogen-bond acceptors (Lipinski definition) is 6. The Hall–Kier alpha value is -3.88. The summed E-state index contributed by atoms with van der Waals surface area (Å²) in [6, 6.07) is 20.6. The van der Waals surface area contributed by atoms with Gasteiger partial charge in [0, 0.05) is 30.5 Å². The lowest BCUT2D eigenvalue weighted by Gasteiger charge is -2.26. The molecule has 1 aromatic heterocycles. The van der Waals surface area contributed by atoms with Gasteiger partial charge in [-0.1, -0.05) is 54.7 Å². The Kier molecular flexibility index (Phi) is 7.39. The maximum Gasteiger partial charge on any atom is 0.266 e. The van der Waals surface area contributed by atoms with Crippen molar-refractivity contribution in [2.24, 2.45) is 0 Å². The molecular weight excluding hydrogens is 486 g/mol. The van der Waals surface area contributed by atoms with E-state index in [-0.39, 0.29) is 11.5 Å². The number of carbonyl (C=O) groups excluding carboxylic acids is 1. The van der Waals surface area contributed by atoms with Crippen molar-refractivity contribution in [3.05, 3.63) is 100 Å². The van der Waals surface area contributed by atoms with Crippen molar-refractivity contribution in [2.75, 3.05) is 33.4 Å². The first kappa shape index (κ1) is 24.8. The van der Waals surface area contributed by atoms with E-state index in [4.69, 9.17) is 14.5 Å². The molecule has 3 aromatic carbocycles. The standard InChI is InChI=1S/C29H27N3O4S/c1-3-20-7-9-21(10-8-20)19-37-29-30-26-17-22(27(33)31-13-15-36-16-14-31)11-12-25(26)28(34)32(29)23-5-4-6-24(18-23)35-2/h3-12,17-18H,1,13-16,19H2,2H3. The first-order valence-corrected chi connectivity index (χ1v) is 13.0. The quantitative estimate of drug-likeness (QED) is 0.261. The number of morpholine rings is 1. The van der Waals surface area contributed by atoms with E-state index in [9.17, 15) is 9.59 Å². The molecule has 0 unspecified atom stereocenters. The molecule has 1 aliphatic heterocycles. The Balaban J connectivity index is 1.57. The number of nitrogens with zero attached hydrogens (tertiary/aromatic N) is 3. The summed E-state index contributed by atoms with van der Waals surface area (Å²) >= 11 is 1.47. The van der Waals surface area contributed by atoms with Crippen LogP contribution in [0.5, 0.6) is 5.75 Å². The van der Waals surface area contributed by atoms with Gasteiger partial charge in [0.1, 0.15) is 5.75 Å². The Bertz CT molecular complexity index is 1510. The van der Waals surface area contributed by atoms with Crippen LogP contribution in [-0.4, -0.2) is 53.8 Å². The molecular formula is C29H27N3O4S. The molecule has 8 heteroatoms. The number of fused-ring (bicyclic) bond motifs is 1. The molecule has 0 saturated carbocycles. The topological polar surface area (TPSA) is 73.7 Å². The highest BCUT2D eigenvalue weighted by molar-refractivity contribution is 7.98. The second kappa shape index (κ2) is 11.0. The predicted molar refractivity (Wildman–Crippen MR) is 147 cm³/mol. The van der Waals surface area contributed by atoms with Crippen molar-refractivity contribution < 1.29 is 14.3 Å². The molecule has 2 heterocycles. The molecule has 0 spiro atoms. The third-order valence-corrected chi connectivity index (χ3v) is 7.29. The Morgan fingerprint density at radius 2 is 1.89 bits per heavy atom. The number of carbonyl (C=O) groups is 1. The van der Waals surface area contributed by atoms with Crippen LogP contribution in [0, 0.1) is 0 Å². The average molecular weight is 514 g/mol. The number of thioether (sulfide) groups is 1. The first-order valence-electron chi connectivity index (χ1n) is 12.0. The summed E-state index contributed by atoms with van der Waals surface area (Å²) in [5, 5.41) is 0.982. The molecule has 1 fully saturated rings. The van der Waals surface area contributed by atoms with Crippen LogP contribution in [0.3, 0.4) is 0 Å². The van der Waals surface area contributed by atoms with E-state index in [0.29, 0.717) is 65.1 Å². The molecule has 5 rings (SSSR count). The van der Waals surface area contributed by atoms with Crippen LogP contribution < -0.4 is 10.3 Å². The first-order chi connectivity index (χ1) is 18.1. The summed E-state index contributed by atoms with van der Waals surface area (Å²) in [5.41, 5.74) is 3.61. The summed E-state index contributed by atoms with van der Waals surface area (Å²) in [4.78, 5) is 33.5. The van der Waals surface area contributed by atoms with E-state index in [1.807, 2.05) is 48.5 Å². The van der Waals surface area contributed by atoms with Gasteiger partial charge in [0.15, 0.2) is 5.16 Å². The number of amides is 1. The van der Waals surface area contributed by atoms with E-state index in [1.54, 1.807) is 40.9 Å². The second-order valence-electron chi connectivity index (χ2n) is 8.61. The highest BCUT2D eigenvalue weighted by atomic mass is 32.2. The van der Waals surface area contributed by atoms with Crippen molar-refractivity contribution in [3.63, 3.8) is 0 Å². The molecule has 1 saturated heterocycles. The molecule has 0 atom stereocenters. The molecule has 0 radical (unpaired) electrons. The van der Waals surface area contributed by atoms with Gasteiger partial charge in [0.2, 0.25) is 0 Å². The maximum atomic E-state index is 13.8. The van der Waals surface area contributed by atoms with Crippen molar-refractivity contribution in [3.8, 4) is 11.4 Å². The molecule has 1 aliphatic rings. The van der Waals surface area contributed by atoms with Crippen molar-refractivity contribution >= 4 is 34.6 Å². The van der Waals surface area contributed by atoms with Gasteiger partial charge in [-0.2, -0.15) is 0 Å². The van der Waals surface area contributed by atoms with Gasteiger partial charge in [0.05, 0.1) is 36.9 Å². The molecule has 0 aliphatic carbocycles. The predicted octanol–water partition coefficient (Wildman–Crippen LogP) is 4.80. The van der Waals surface area contributed by atoms with Crippen molar-refractivity contribution in [1.82, 2.24) is 14.5 Å². The van der Waals surface area contributed by atoms with Gasteiger partial charge in [-0.15, -0.1) is 0 Å². The van der Waals surface area contributed by atoms with Crippen LogP contribution in [0.2, 0.25) is 0 Å². The van der Waals surface area contributed by atoms with Gasteiger partial charge in [0.25, 0.3) is 11.5 Å². The Labute approximate surface area is 219 Å². The fourth-order valence-electron chi connectivity index (χ4n) is 4.22. The van der Waals surface area contributed by atoms with E-state index in [0.717, 1.165) is 11.1 Å². The summed E-state index contributed by atoms with van der Waals surface area (Å²) in [5.74, 6) is 1.18. The largest absolute Gasteiger partial charge is 0.497 e. The lowest BCUT2D eigenvalue weighted by Crippen LogP contribution is -2.40. The summed E-state index contributed by atoms with van der Waals surface area (Å²) in [6.07, 6.45) is 1.80. The lowest BCUT2D eigenvalue weighted by molar-refractivity contribution is 0.0303. The van der Waals surface area contributed by atoms with Crippen molar-refractivity contribution in [2.45, 2.75) is 10.9 Å². The summed E-state index contributed by atoms with van der Waals surface area (Å²) in [7, 11) is 1.59. The molecule has 0 N–H and O–H groups in total. The van der Waals surface area contributed by atoms with E-state index < -0.39 is 0 Å². The number of hydrogen-bond donors (Lipinski definition) is 0. The normalized spacial score (nSPS) is 13.5.